The summed E-state index contributed by atoms with van der Waals surface area (Å²) in [5.41, 5.74) is -0.164. The summed E-state index contributed by atoms with van der Waals surface area (Å²) in [6.45, 7) is 5.13. The lowest BCUT2D eigenvalue weighted by Gasteiger charge is -2.50. The highest BCUT2D eigenvalue weighted by Gasteiger charge is 2.46. The van der Waals surface area contributed by atoms with E-state index in [1.165, 1.54) is 0 Å². The number of carboxylic acids is 1. The summed E-state index contributed by atoms with van der Waals surface area (Å²) in [5, 5.41) is 7.12. The molecule has 2 saturated heterocycles. The molecule has 0 aliphatic carbocycles. The molecule has 2 fully saturated rings. The van der Waals surface area contributed by atoms with Gasteiger partial charge >= 0.3 is 12.1 Å². The van der Waals surface area contributed by atoms with Crippen molar-refractivity contribution < 1.29 is 37.0 Å². The van der Waals surface area contributed by atoms with Gasteiger partial charge in [-0.3, -0.25) is 9.69 Å². The van der Waals surface area contributed by atoms with Crippen LogP contribution >= 0.6 is 0 Å². The van der Waals surface area contributed by atoms with Crippen LogP contribution in [0.3, 0.4) is 0 Å². The second kappa shape index (κ2) is 8.30. The Kier molecular flexibility index (Phi) is 6.53. The van der Waals surface area contributed by atoms with Gasteiger partial charge in [0.2, 0.25) is 5.91 Å². The maximum absolute atomic E-state index is 11.7. The summed E-state index contributed by atoms with van der Waals surface area (Å²) in [6, 6.07) is 4.08. The summed E-state index contributed by atoms with van der Waals surface area (Å²) >= 11 is 0. The number of alkyl halides is 3. The van der Waals surface area contributed by atoms with Crippen LogP contribution in [0.2, 0.25) is 0 Å². The quantitative estimate of drug-likeness (QED) is 0.830. The number of aliphatic carboxylic acids is 1. The molecule has 10 heteroatoms. The minimum Gasteiger partial charge on any atom is -0.475 e. The first-order valence-electron chi connectivity index (χ1n) is 8.49. The molecule has 0 bridgehead atoms. The second-order valence-corrected chi connectivity index (χ2v) is 6.69. The molecule has 3 heterocycles. The molecular formula is C17H23F3N2O5. The lowest BCUT2D eigenvalue weighted by atomic mass is 9.83. The Labute approximate surface area is 154 Å². The number of likely N-dealkylation sites (tertiary alicyclic amines) is 1. The third kappa shape index (κ3) is 5.23. The van der Waals surface area contributed by atoms with Crippen LogP contribution in [0.15, 0.2) is 22.8 Å². The van der Waals surface area contributed by atoms with Gasteiger partial charge in [-0.15, -0.1) is 0 Å². The number of furan rings is 1. The molecule has 7 nitrogen and oxygen atoms in total. The molecule has 1 atom stereocenters. The smallest absolute Gasteiger partial charge is 0.475 e. The Morgan fingerprint density at radius 3 is 2.44 bits per heavy atom. The van der Waals surface area contributed by atoms with Gasteiger partial charge < -0.3 is 19.2 Å². The summed E-state index contributed by atoms with van der Waals surface area (Å²) in [4.78, 5) is 24.8. The van der Waals surface area contributed by atoms with Gasteiger partial charge in [-0.25, -0.2) is 4.79 Å². The number of piperidine rings is 1. The average molecular weight is 392 g/mol. The number of carbonyl (C=O) groups is 2. The first kappa shape index (κ1) is 21.2. The van der Waals surface area contributed by atoms with Crippen LogP contribution < -0.4 is 0 Å². The highest BCUT2D eigenvalue weighted by atomic mass is 19.4. The number of likely N-dealkylation sites (N-methyl/N-ethyl adjacent to an activating group) is 1. The van der Waals surface area contributed by atoms with E-state index < -0.39 is 12.1 Å². The van der Waals surface area contributed by atoms with Gasteiger partial charge in [0.15, 0.2) is 0 Å². The van der Waals surface area contributed by atoms with Crippen molar-refractivity contribution >= 4 is 11.9 Å². The van der Waals surface area contributed by atoms with Crippen molar-refractivity contribution in [2.75, 3.05) is 26.7 Å². The van der Waals surface area contributed by atoms with E-state index in [2.05, 4.69) is 11.8 Å². The lowest BCUT2D eigenvalue weighted by Crippen LogP contribution is -2.62. The molecule has 1 unspecified atom stereocenters. The number of ether oxygens (including phenoxy) is 1. The number of amides is 1. The SMILES string of the molecule is CC1N(C)C(=O)COC12CCN(Cc1ccco1)CC2.O=C(O)C(F)(F)F. The van der Waals surface area contributed by atoms with Crippen LogP contribution in [0.5, 0.6) is 0 Å². The van der Waals surface area contributed by atoms with E-state index in [4.69, 9.17) is 19.1 Å². The number of carboxylic acid groups (broad SMARTS) is 1. The van der Waals surface area contributed by atoms with E-state index >= 15 is 0 Å². The largest absolute Gasteiger partial charge is 0.490 e. The predicted octanol–water partition coefficient (Wildman–Crippen LogP) is 2.12. The average Bonchev–Trinajstić information content (AvgIpc) is 3.11. The molecule has 0 radical (unpaired) electrons. The van der Waals surface area contributed by atoms with Crippen LogP contribution in [0.4, 0.5) is 13.2 Å². The number of rotatable bonds is 2. The number of halogens is 3. The van der Waals surface area contributed by atoms with Gasteiger partial charge in [0.1, 0.15) is 12.4 Å². The van der Waals surface area contributed by atoms with Crippen LogP contribution in [-0.4, -0.2) is 71.3 Å². The van der Waals surface area contributed by atoms with Gasteiger partial charge in [-0.1, -0.05) is 0 Å². The van der Waals surface area contributed by atoms with E-state index in [0.29, 0.717) is 0 Å². The van der Waals surface area contributed by atoms with Gasteiger partial charge in [-0.05, 0) is 31.9 Å². The molecule has 3 rings (SSSR count). The summed E-state index contributed by atoms with van der Waals surface area (Å²) < 4.78 is 43.1. The van der Waals surface area contributed by atoms with E-state index in [-0.39, 0.29) is 24.2 Å². The molecule has 2 aliphatic heterocycles. The zero-order valence-corrected chi connectivity index (χ0v) is 15.2. The Morgan fingerprint density at radius 2 is 1.96 bits per heavy atom. The maximum atomic E-state index is 11.7. The summed E-state index contributed by atoms with van der Waals surface area (Å²) in [5.74, 6) is -1.67. The fourth-order valence-corrected chi connectivity index (χ4v) is 3.27. The first-order valence-corrected chi connectivity index (χ1v) is 8.49. The Balaban J connectivity index is 0.000000321. The van der Waals surface area contributed by atoms with Gasteiger partial charge in [0, 0.05) is 20.1 Å². The van der Waals surface area contributed by atoms with E-state index in [0.717, 1.165) is 38.2 Å². The van der Waals surface area contributed by atoms with Crippen LogP contribution in [0.25, 0.3) is 0 Å². The molecule has 1 aromatic rings. The standard InChI is InChI=1S/C15H22N2O3.C2HF3O2/c1-12-15(20-11-14(18)16(12)2)5-7-17(8-6-15)10-13-4-3-9-19-13;3-2(4,5)1(6)7/h3-4,9,12H,5-8,10-11H2,1-2H3;(H,6,7). The molecule has 2 aliphatic rings. The number of nitrogens with zero attached hydrogens (tertiary/aromatic N) is 2. The third-order valence-corrected chi connectivity index (χ3v) is 5.12. The zero-order chi connectivity index (χ0) is 20.2. The van der Waals surface area contributed by atoms with Gasteiger partial charge in [-0.2, -0.15) is 13.2 Å². The number of carbonyl (C=O) groups excluding carboxylic acids is 1. The van der Waals surface area contributed by atoms with Crippen molar-refractivity contribution in [3.63, 3.8) is 0 Å². The Bertz CT molecular complexity index is 639. The fourth-order valence-electron chi connectivity index (χ4n) is 3.27. The molecule has 1 aromatic heterocycles. The first-order chi connectivity index (χ1) is 12.5. The molecule has 1 amide bonds. The molecule has 27 heavy (non-hydrogen) atoms. The summed E-state index contributed by atoms with van der Waals surface area (Å²) in [6.07, 6.45) is -1.44. The number of hydrogen-bond donors (Lipinski definition) is 1. The van der Waals surface area contributed by atoms with Crippen LogP contribution in [0, 0.1) is 0 Å². The molecule has 152 valence electrons. The van der Waals surface area contributed by atoms with E-state index in [1.807, 2.05) is 24.1 Å². The number of morpholine rings is 1. The van der Waals surface area contributed by atoms with Crippen LogP contribution in [0.1, 0.15) is 25.5 Å². The molecular weight excluding hydrogens is 369 g/mol. The Morgan fingerprint density at radius 1 is 1.37 bits per heavy atom. The monoisotopic (exact) mass is 392 g/mol. The Hall–Kier alpha value is -2.07. The molecule has 0 saturated carbocycles. The predicted molar refractivity (Wildman–Crippen MR) is 87.8 cm³/mol. The minimum atomic E-state index is -5.08. The fraction of sp³-hybridized carbons (Fsp3) is 0.647. The minimum absolute atomic E-state index is 0.0844. The van der Waals surface area contributed by atoms with Crippen molar-refractivity contribution in [3.8, 4) is 0 Å². The maximum Gasteiger partial charge on any atom is 0.490 e. The van der Waals surface area contributed by atoms with Crippen LogP contribution in [-0.2, 0) is 20.9 Å². The highest BCUT2D eigenvalue weighted by Crippen LogP contribution is 2.35. The van der Waals surface area contributed by atoms with Crippen molar-refractivity contribution in [2.45, 2.75) is 44.1 Å². The lowest BCUT2D eigenvalue weighted by molar-refractivity contribution is -0.192. The second-order valence-electron chi connectivity index (χ2n) is 6.69. The number of hydrogen-bond acceptors (Lipinski definition) is 5. The van der Waals surface area contributed by atoms with Gasteiger partial charge in [0.25, 0.3) is 0 Å². The molecule has 1 N–H and O–H groups in total. The zero-order valence-electron chi connectivity index (χ0n) is 15.2. The van der Waals surface area contributed by atoms with Gasteiger partial charge in [0.05, 0.1) is 24.5 Å². The van der Waals surface area contributed by atoms with Crippen molar-refractivity contribution in [2.24, 2.45) is 0 Å². The van der Waals surface area contributed by atoms with E-state index in [1.54, 1.807) is 6.26 Å². The van der Waals surface area contributed by atoms with E-state index in [9.17, 15) is 18.0 Å². The normalized spacial score (nSPS) is 23.1. The van der Waals surface area contributed by atoms with Crippen molar-refractivity contribution in [3.05, 3.63) is 24.2 Å². The molecule has 0 aromatic carbocycles. The highest BCUT2D eigenvalue weighted by molar-refractivity contribution is 5.78. The van der Waals surface area contributed by atoms with Crippen molar-refractivity contribution in [1.29, 1.82) is 0 Å². The van der Waals surface area contributed by atoms with Crippen molar-refractivity contribution in [1.82, 2.24) is 9.80 Å². The molecule has 1 spiro atoms. The third-order valence-electron chi connectivity index (χ3n) is 5.12. The summed E-state index contributed by atoms with van der Waals surface area (Å²) in [7, 11) is 1.88. The topological polar surface area (TPSA) is 83.2 Å².